The third kappa shape index (κ3) is 5.06. The van der Waals surface area contributed by atoms with Crippen LogP contribution in [0, 0.1) is 23.7 Å². The largest absolute Gasteiger partial charge is 0.496 e. The van der Waals surface area contributed by atoms with E-state index in [1.165, 1.54) is 43.2 Å². The van der Waals surface area contributed by atoms with Gasteiger partial charge in [0.2, 0.25) is 0 Å². The highest BCUT2D eigenvalue weighted by atomic mass is 32.2. The lowest BCUT2D eigenvalue weighted by molar-refractivity contribution is 0.235. The average molecular weight is 609 g/mol. The summed E-state index contributed by atoms with van der Waals surface area (Å²) in [7, 11) is 0.345. The van der Waals surface area contributed by atoms with Crippen molar-refractivity contribution in [3.8, 4) is 5.75 Å². The second kappa shape index (κ2) is 10.5. The molecule has 0 saturated heterocycles. The van der Waals surface area contributed by atoms with Crippen LogP contribution in [0.2, 0.25) is 24.2 Å². The molecule has 3 fully saturated rings. The molecule has 6 rings (SSSR count). The van der Waals surface area contributed by atoms with Crippen LogP contribution >= 0.6 is 23.5 Å². The van der Waals surface area contributed by atoms with E-state index in [9.17, 15) is 0 Å². The summed E-state index contributed by atoms with van der Waals surface area (Å²) < 4.78 is 6.15. The van der Waals surface area contributed by atoms with Gasteiger partial charge in [-0.05, 0) is 93.6 Å². The standard InChI is InChI=1S/C37H56OS2Si/c1-21-17-27-28-18-22(2)40-34(28)35(33(27)39-21)41(10,11)31-16-15-25-24(13-12-14-26(25)31)23-19-29(36(3,4)5)32(38-9)30(20-23)37(6,7)8/h17-20,24-28,31,33-35H,12-16H2,1-11H3. The molecule has 0 aromatic heterocycles. The maximum absolute atomic E-state index is 6.15. The first kappa shape index (κ1) is 30.4. The fourth-order valence-electron chi connectivity index (χ4n) is 10.3. The SMILES string of the molecule is COc1c(C(C)(C)C)cc(C2CCCC3C2CCC3[Si](C)(C)C2C3SC(C)=CC3C3C=C(C)SC32)cc1C(C)(C)C. The van der Waals surface area contributed by atoms with Crippen LogP contribution in [-0.2, 0) is 10.8 Å². The van der Waals surface area contributed by atoms with Crippen molar-refractivity contribution in [1.29, 1.82) is 0 Å². The zero-order valence-electron chi connectivity index (χ0n) is 27.8. The van der Waals surface area contributed by atoms with Crippen molar-refractivity contribution >= 4 is 31.6 Å². The molecule has 8 atom stereocenters. The number of hydrogen-bond donors (Lipinski definition) is 0. The van der Waals surface area contributed by atoms with Crippen molar-refractivity contribution in [1.82, 2.24) is 0 Å². The van der Waals surface area contributed by atoms with Gasteiger partial charge in [-0.15, -0.1) is 23.5 Å². The van der Waals surface area contributed by atoms with Crippen LogP contribution in [-0.4, -0.2) is 25.7 Å². The molecule has 2 aliphatic heterocycles. The molecule has 4 heteroatoms. The zero-order chi connectivity index (χ0) is 29.6. The van der Waals surface area contributed by atoms with E-state index in [1.54, 1.807) is 15.4 Å². The van der Waals surface area contributed by atoms with Crippen LogP contribution in [0.4, 0.5) is 0 Å². The summed E-state index contributed by atoms with van der Waals surface area (Å²) in [6, 6.07) is 5.16. The topological polar surface area (TPSA) is 9.23 Å². The van der Waals surface area contributed by atoms with Crippen LogP contribution in [0.1, 0.15) is 110 Å². The molecule has 226 valence electrons. The van der Waals surface area contributed by atoms with Crippen LogP contribution in [0.15, 0.2) is 34.1 Å². The van der Waals surface area contributed by atoms with Gasteiger partial charge in [-0.25, -0.2) is 0 Å². The van der Waals surface area contributed by atoms with Gasteiger partial charge in [-0.2, -0.15) is 0 Å². The maximum Gasteiger partial charge on any atom is 0.126 e. The first-order chi connectivity index (χ1) is 19.1. The summed E-state index contributed by atoms with van der Waals surface area (Å²) in [6.45, 7) is 24.6. The summed E-state index contributed by atoms with van der Waals surface area (Å²) in [6.07, 6.45) is 12.5. The Morgan fingerprint density at radius 1 is 0.756 bits per heavy atom. The minimum absolute atomic E-state index is 0.0638. The Morgan fingerprint density at radius 2 is 1.29 bits per heavy atom. The van der Waals surface area contributed by atoms with Crippen LogP contribution in [0.3, 0.4) is 0 Å². The molecule has 0 amide bonds. The predicted octanol–water partition coefficient (Wildman–Crippen LogP) is 11.3. The highest BCUT2D eigenvalue weighted by Crippen LogP contribution is 2.68. The highest BCUT2D eigenvalue weighted by Gasteiger charge is 2.62. The Hall–Kier alpha value is -0.583. The van der Waals surface area contributed by atoms with Crippen LogP contribution in [0.5, 0.6) is 5.75 Å². The molecule has 0 bridgehead atoms. The number of ether oxygens (including phenoxy) is 1. The molecular weight excluding hydrogens is 553 g/mol. The minimum Gasteiger partial charge on any atom is -0.496 e. The third-order valence-electron chi connectivity index (χ3n) is 12.0. The van der Waals surface area contributed by atoms with Crippen LogP contribution in [0.25, 0.3) is 0 Å². The summed E-state index contributed by atoms with van der Waals surface area (Å²) >= 11 is 4.53. The normalized spacial score (nSPS) is 37.0. The van der Waals surface area contributed by atoms with Gasteiger partial charge in [0.1, 0.15) is 5.75 Å². The number of allylic oxidation sites excluding steroid dienone is 4. The second-order valence-electron chi connectivity index (χ2n) is 16.9. The molecule has 8 unspecified atom stereocenters. The van der Waals surface area contributed by atoms with E-state index in [0.29, 0.717) is 5.92 Å². The number of methoxy groups -OCH3 is 1. The van der Waals surface area contributed by atoms with E-state index < -0.39 is 8.07 Å². The summed E-state index contributed by atoms with van der Waals surface area (Å²) in [5.74, 6) is 5.18. The number of fused-ring (bicyclic) bond motifs is 4. The zero-order valence-corrected chi connectivity index (χ0v) is 30.4. The van der Waals surface area contributed by atoms with E-state index >= 15 is 0 Å². The van der Waals surface area contributed by atoms with Crippen molar-refractivity contribution in [2.75, 3.05) is 7.11 Å². The van der Waals surface area contributed by atoms with Crippen molar-refractivity contribution in [2.24, 2.45) is 23.7 Å². The maximum atomic E-state index is 6.15. The Bertz CT molecular complexity index is 1180. The van der Waals surface area contributed by atoms with Gasteiger partial charge in [0.15, 0.2) is 0 Å². The molecule has 0 spiro atoms. The van der Waals surface area contributed by atoms with Gasteiger partial charge in [0, 0.05) is 21.6 Å². The van der Waals surface area contributed by atoms with E-state index in [4.69, 9.17) is 4.74 Å². The molecule has 1 aromatic carbocycles. The predicted molar refractivity (Wildman–Crippen MR) is 185 cm³/mol. The Balaban J connectivity index is 1.33. The van der Waals surface area contributed by atoms with Gasteiger partial charge in [0.25, 0.3) is 0 Å². The number of benzene rings is 1. The number of thioether (sulfide) groups is 2. The Labute approximate surface area is 261 Å². The molecular formula is C37H56OS2Si. The molecule has 2 heterocycles. The fourth-order valence-corrected chi connectivity index (χ4v) is 20.8. The van der Waals surface area contributed by atoms with Crippen molar-refractivity contribution in [3.05, 3.63) is 50.8 Å². The quantitative estimate of drug-likeness (QED) is 0.315. The van der Waals surface area contributed by atoms with E-state index in [-0.39, 0.29) is 10.8 Å². The molecule has 0 radical (unpaired) electrons. The van der Waals surface area contributed by atoms with Gasteiger partial charge >= 0.3 is 0 Å². The lowest BCUT2D eigenvalue weighted by Crippen LogP contribution is -2.46. The first-order valence-corrected chi connectivity index (χ1v) is 21.5. The highest BCUT2D eigenvalue weighted by molar-refractivity contribution is 8.05. The van der Waals surface area contributed by atoms with Crippen molar-refractivity contribution < 1.29 is 4.74 Å². The first-order valence-electron chi connectivity index (χ1n) is 16.6. The molecule has 3 aliphatic carbocycles. The van der Waals surface area contributed by atoms with Gasteiger partial charge in [-0.1, -0.05) is 98.2 Å². The van der Waals surface area contributed by atoms with Crippen molar-refractivity contribution in [2.45, 2.75) is 139 Å². The molecule has 3 saturated carbocycles. The summed E-state index contributed by atoms with van der Waals surface area (Å²) in [4.78, 5) is 3.20. The fraction of sp³-hybridized carbons (Fsp3) is 0.730. The third-order valence-corrected chi connectivity index (χ3v) is 20.4. The molecule has 41 heavy (non-hydrogen) atoms. The van der Waals surface area contributed by atoms with Gasteiger partial charge in [-0.3, -0.25) is 0 Å². The van der Waals surface area contributed by atoms with E-state index in [1.807, 2.05) is 7.11 Å². The van der Waals surface area contributed by atoms with Crippen LogP contribution < -0.4 is 4.74 Å². The number of hydrogen-bond acceptors (Lipinski definition) is 3. The van der Waals surface area contributed by atoms with Gasteiger partial charge < -0.3 is 4.74 Å². The van der Waals surface area contributed by atoms with Crippen molar-refractivity contribution in [3.63, 3.8) is 0 Å². The minimum atomic E-state index is -1.53. The van der Waals surface area contributed by atoms with E-state index in [2.05, 4.69) is 116 Å². The molecule has 1 aromatic rings. The second-order valence-corrected chi connectivity index (χ2v) is 24.8. The molecule has 5 aliphatic rings. The Morgan fingerprint density at radius 3 is 1.78 bits per heavy atom. The lowest BCUT2D eigenvalue weighted by atomic mass is 9.68. The lowest BCUT2D eigenvalue weighted by Gasteiger charge is -2.46. The van der Waals surface area contributed by atoms with E-state index in [0.717, 1.165) is 51.0 Å². The number of rotatable bonds is 4. The summed E-state index contributed by atoms with van der Waals surface area (Å²) in [5.41, 5.74) is 6.46. The Kier molecular flexibility index (Phi) is 7.80. The smallest absolute Gasteiger partial charge is 0.126 e. The van der Waals surface area contributed by atoms with Gasteiger partial charge in [0.05, 0.1) is 15.2 Å². The average Bonchev–Trinajstić information content (AvgIpc) is 3.62. The molecule has 0 N–H and O–H groups in total. The monoisotopic (exact) mass is 608 g/mol. The molecule has 1 nitrogen and oxygen atoms in total. The summed E-state index contributed by atoms with van der Waals surface area (Å²) in [5, 5.41) is 1.68.